The first kappa shape index (κ1) is 18.7. The van der Waals surface area contributed by atoms with E-state index in [1.165, 1.54) is 0 Å². The SMILES string of the molecule is COc1ccc(CCNc2cc(C)nc3nc(C(F)(F)F)nn23)cc1OC. The molecule has 0 atom stereocenters. The number of halogens is 3. The van der Waals surface area contributed by atoms with Crippen molar-refractivity contribution >= 4 is 11.6 Å². The van der Waals surface area contributed by atoms with E-state index in [0.29, 0.717) is 36.0 Å². The summed E-state index contributed by atoms with van der Waals surface area (Å²) in [5.41, 5.74) is 1.52. The number of methoxy groups -OCH3 is 2. The standard InChI is InChI=1S/C17H18F3N5O2/c1-10-8-14(25-16(22-10)23-15(24-25)17(18,19)20)21-7-6-11-4-5-12(26-2)13(9-11)27-3/h4-5,8-9,21H,6-7H2,1-3H3. The molecule has 0 radical (unpaired) electrons. The Morgan fingerprint density at radius 2 is 1.81 bits per heavy atom. The van der Waals surface area contributed by atoms with E-state index in [2.05, 4.69) is 20.4 Å². The summed E-state index contributed by atoms with van der Waals surface area (Å²) in [6.45, 7) is 2.15. The molecule has 0 saturated carbocycles. The molecule has 0 fully saturated rings. The van der Waals surface area contributed by atoms with E-state index in [4.69, 9.17) is 9.47 Å². The summed E-state index contributed by atoms with van der Waals surface area (Å²) in [6.07, 6.45) is -4.01. The van der Waals surface area contributed by atoms with Gasteiger partial charge in [-0.25, -0.2) is 4.98 Å². The minimum Gasteiger partial charge on any atom is -0.493 e. The van der Waals surface area contributed by atoms with E-state index in [1.54, 1.807) is 33.3 Å². The average molecular weight is 381 g/mol. The van der Waals surface area contributed by atoms with Crippen molar-refractivity contribution in [1.29, 1.82) is 0 Å². The molecular formula is C17H18F3N5O2. The molecule has 0 aliphatic heterocycles. The van der Waals surface area contributed by atoms with Gasteiger partial charge in [-0.2, -0.15) is 22.7 Å². The molecule has 2 aromatic heterocycles. The predicted octanol–water partition coefficient (Wildman–Crippen LogP) is 3.12. The highest BCUT2D eigenvalue weighted by atomic mass is 19.4. The van der Waals surface area contributed by atoms with Gasteiger partial charge in [0.15, 0.2) is 11.5 Å². The quantitative estimate of drug-likeness (QED) is 0.707. The number of alkyl halides is 3. The summed E-state index contributed by atoms with van der Waals surface area (Å²) in [6, 6.07) is 7.17. The smallest absolute Gasteiger partial charge is 0.453 e. The van der Waals surface area contributed by atoms with Crippen molar-refractivity contribution in [2.45, 2.75) is 19.5 Å². The van der Waals surface area contributed by atoms with Gasteiger partial charge >= 0.3 is 6.18 Å². The number of fused-ring (bicyclic) bond motifs is 1. The maximum Gasteiger partial charge on any atom is 0.453 e. The normalized spacial score (nSPS) is 11.6. The number of hydrogen-bond donors (Lipinski definition) is 1. The summed E-state index contributed by atoms with van der Waals surface area (Å²) in [4.78, 5) is 7.46. The van der Waals surface area contributed by atoms with E-state index in [0.717, 1.165) is 10.1 Å². The first-order chi connectivity index (χ1) is 12.8. The Morgan fingerprint density at radius 3 is 2.48 bits per heavy atom. The van der Waals surface area contributed by atoms with Crippen LogP contribution in [0.1, 0.15) is 17.1 Å². The predicted molar refractivity (Wildman–Crippen MR) is 92.3 cm³/mol. The molecule has 3 aromatic rings. The molecule has 0 amide bonds. The molecule has 2 heterocycles. The highest BCUT2D eigenvalue weighted by Gasteiger charge is 2.36. The largest absolute Gasteiger partial charge is 0.493 e. The molecule has 0 spiro atoms. The topological polar surface area (TPSA) is 73.6 Å². The van der Waals surface area contributed by atoms with Crippen molar-refractivity contribution in [1.82, 2.24) is 19.6 Å². The maximum atomic E-state index is 12.9. The molecule has 0 saturated heterocycles. The minimum absolute atomic E-state index is 0.101. The Hall–Kier alpha value is -3.04. The van der Waals surface area contributed by atoms with Gasteiger partial charge in [-0.15, -0.1) is 5.10 Å². The number of rotatable bonds is 6. The molecule has 0 aliphatic carbocycles. The molecule has 1 N–H and O–H groups in total. The lowest BCUT2D eigenvalue weighted by atomic mass is 10.1. The number of aryl methyl sites for hydroxylation is 1. The van der Waals surface area contributed by atoms with Gasteiger partial charge < -0.3 is 14.8 Å². The molecular weight excluding hydrogens is 363 g/mol. The molecule has 1 aromatic carbocycles. The Labute approximate surface area is 153 Å². The molecule has 0 bridgehead atoms. The van der Waals surface area contributed by atoms with Crippen LogP contribution in [0.5, 0.6) is 11.5 Å². The van der Waals surface area contributed by atoms with Gasteiger partial charge in [0, 0.05) is 18.3 Å². The second kappa shape index (κ2) is 7.29. The Bertz CT molecular complexity index is 956. The van der Waals surface area contributed by atoms with Crippen LogP contribution in [0, 0.1) is 6.92 Å². The zero-order valence-electron chi connectivity index (χ0n) is 15.0. The molecule has 144 valence electrons. The van der Waals surface area contributed by atoms with Crippen molar-refractivity contribution in [3.8, 4) is 11.5 Å². The van der Waals surface area contributed by atoms with Crippen molar-refractivity contribution in [3.05, 3.63) is 41.3 Å². The number of anilines is 1. The zero-order valence-corrected chi connectivity index (χ0v) is 15.0. The summed E-state index contributed by atoms with van der Waals surface area (Å²) < 4.78 is 50.1. The molecule has 7 nitrogen and oxygen atoms in total. The Kier molecular flexibility index (Phi) is 5.06. The van der Waals surface area contributed by atoms with Crippen LogP contribution in [0.2, 0.25) is 0 Å². The highest BCUT2D eigenvalue weighted by Crippen LogP contribution is 2.28. The van der Waals surface area contributed by atoms with E-state index < -0.39 is 12.0 Å². The van der Waals surface area contributed by atoms with Gasteiger partial charge in [-0.05, 0) is 31.0 Å². The van der Waals surface area contributed by atoms with Gasteiger partial charge in [0.05, 0.1) is 14.2 Å². The fourth-order valence-electron chi connectivity index (χ4n) is 2.60. The second-order valence-corrected chi connectivity index (χ2v) is 5.79. The van der Waals surface area contributed by atoms with Gasteiger partial charge in [0.25, 0.3) is 11.6 Å². The van der Waals surface area contributed by atoms with Crippen molar-refractivity contribution in [2.75, 3.05) is 26.1 Å². The van der Waals surface area contributed by atoms with E-state index in [9.17, 15) is 13.2 Å². The third-order valence-electron chi connectivity index (χ3n) is 3.86. The fourth-order valence-corrected chi connectivity index (χ4v) is 2.60. The van der Waals surface area contributed by atoms with Crippen LogP contribution >= 0.6 is 0 Å². The summed E-state index contributed by atoms with van der Waals surface area (Å²) >= 11 is 0. The monoisotopic (exact) mass is 381 g/mol. The molecule has 10 heteroatoms. The van der Waals surface area contributed by atoms with E-state index in [1.807, 2.05) is 12.1 Å². The third kappa shape index (κ3) is 4.04. The first-order valence-electron chi connectivity index (χ1n) is 8.08. The Morgan fingerprint density at radius 1 is 1.07 bits per heavy atom. The number of nitrogens with one attached hydrogen (secondary N) is 1. The molecule has 27 heavy (non-hydrogen) atoms. The van der Waals surface area contributed by atoms with Gasteiger partial charge in [0.2, 0.25) is 0 Å². The number of hydrogen-bond acceptors (Lipinski definition) is 6. The lowest BCUT2D eigenvalue weighted by molar-refractivity contribution is -0.144. The molecule has 3 rings (SSSR count). The minimum atomic E-state index is -4.63. The number of nitrogens with zero attached hydrogens (tertiary/aromatic N) is 4. The lowest BCUT2D eigenvalue weighted by Gasteiger charge is -2.11. The third-order valence-corrected chi connectivity index (χ3v) is 3.86. The van der Waals surface area contributed by atoms with Crippen LogP contribution in [0.4, 0.5) is 19.0 Å². The van der Waals surface area contributed by atoms with Gasteiger partial charge in [-0.1, -0.05) is 6.07 Å². The van der Waals surface area contributed by atoms with Crippen LogP contribution in [-0.4, -0.2) is 40.3 Å². The highest BCUT2D eigenvalue weighted by molar-refractivity contribution is 5.46. The van der Waals surface area contributed by atoms with Crippen LogP contribution < -0.4 is 14.8 Å². The van der Waals surface area contributed by atoms with Crippen molar-refractivity contribution < 1.29 is 22.6 Å². The number of aromatic nitrogens is 4. The lowest BCUT2D eigenvalue weighted by Crippen LogP contribution is -2.11. The summed E-state index contributed by atoms with van der Waals surface area (Å²) in [5.74, 6) is 0.312. The zero-order chi connectivity index (χ0) is 19.6. The van der Waals surface area contributed by atoms with Crippen molar-refractivity contribution in [3.63, 3.8) is 0 Å². The van der Waals surface area contributed by atoms with E-state index >= 15 is 0 Å². The summed E-state index contributed by atoms with van der Waals surface area (Å²) in [5, 5.41) is 6.61. The second-order valence-electron chi connectivity index (χ2n) is 5.79. The van der Waals surface area contributed by atoms with Crippen LogP contribution in [0.15, 0.2) is 24.3 Å². The fraction of sp³-hybridized carbons (Fsp3) is 0.353. The van der Waals surface area contributed by atoms with Gasteiger partial charge in [0.1, 0.15) is 5.82 Å². The molecule has 0 unspecified atom stereocenters. The number of benzene rings is 1. The Balaban J connectivity index is 1.78. The van der Waals surface area contributed by atoms with Crippen molar-refractivity contribution in [2.24, 2.45) is 0 Å². The molecule has 0 aliphatic rings. The van der Waals surface area contributed by atoms with Gasteiger partial charge in [-0.3, -0.25) is 0 Å². The maximum absolute atomic E-state index is 12.9. The van der Waals surface area contributed by atoms with E-state index in [-0.39, 0.29) is 5.78 Å². The number of ether oxygens (including phenoxy) is 2. The van der Waals surface area contributed by atoms with Crippen LogP contribution in [-0.2, 0) is 12.6 Å². The van der Waals surface area contributed by atoms with Crippen LogP contribution in [0.25, 0.3) is 5.78 Å². The first-order valence-corrected chi connectivity index (χ1v) is 8.08. The van der Waals surface area contributed by atoms with Crippen LogP contribution in [0.3, 0.4) is 0 Å². The summed E-state index contributed by atoms with van der Waals surface area (Å²) in [7, 11) is 3.11. The average Bonchev–Trinajstić information content (AvgIpc) is 3.06.